The topological polar surface area (TPSA) is 47.0 Å². The molecule has 21 heavy (non-hydrogen) atoms. The molecule has 0 radical (unpaired) electrons. The Bertz CT molecular complexity index is 629. The van der Waals surface area contributed by atoms with Crippen LogP contribution >= 0.6 is 23.1 Å². The number of thiophene rings is 1. The van der Waals surface area contributed by atoms with Gasteiger partial charge in [0.15, 0.2) is 0 Å². The fourth-order valence-electron chi connectivity index (χ4n) is 2.46. The van der Waals surface area contributed by atoms with E-state index in [1.807, 2.05) is 11.8 Å². The number of nitrogens with one attached hydrogen (secondary N) is 1. The summed E-state index contributed by atoms with van der Waals surface area (Å²) in [7, 11) is 0. The third-order valence-corrected chi connectivity index (χ3v) is 6.29. The van der Waals surface area contributed by atoms with E-state index < -0.39 is 0 Å². The van der Waals surface area contributed by atoms with E-state index in [-0.39, 0.29) is 0 Å². The van der Waals surface area contributed by atoms with Gasteiger partial charge < -0.3 is 10.1 Å². The number of hydrogen-bond donors (Lipinski definition) is 1. The van der Waals surface area contributed by atoms with Crippen LogP contribution in [0.15, 0.2) is 11.1 Å². The van der Waals surface area contributed by atoms with E-state index in [1.165, 1.54) is 10.3 Å². The van der Waals surface area contributed by atoms with Gasteiger partial charge in [-0.3, -0.25) is 0 Å². The lowest BCUT2D eigenvalue weighted by atomic mass is 10.3. The normalized spacial score (nSPS) is 22.0. The second-order valence-corrected chi connectivity index (χ2v) is 7.53. The number of hydrogen-bond acceptors (Lipinski definition) is 6. The van der Waals surface area contributed by atoms with Crippen LogP contribution in [0.5, 0.6) is 0 Å². The summed E-state index contributed by atoms with van der Waals surface area (Å²) in [4.78, 5) is 11.8. The Morgan fingerprint density at radius 1 is 1.43 bits per heavy atom. The van der Waals surface area contributed by atoms with E-state index in [2.05, 4.69) is 37.1 Å². The van der Waals surface area contributed by atoms with Gasteiger partial charge in [-0.15, -0.1) is 11.3 Å². The molecule has 4 nitrogen and oxygen atoms in total. The summed E-state index contributed by atoms with van der Waals surface area (Å²) >= 11 is 3.62. The van der Waals surface area contributed by atoms with Crippen LogP contribution < -0.4 is 5.32 Å². The van der Waals surface area contributed by atoms with E-state index in [4.69, 9.17) is 9.72 Å². The predicted octanol–water partition coefficient (Wildman–Crippen LogP) is 3.96. The number of nitrogens with zero attached hydrogens (tertiary/aromatic N) is 2. The predicted molar refractivity (Wildman–Crippen MR) is 90.6 cm³/mol. The molecule has 0 saturated carbocycles. The Morgan fingerprint density at radius 2 is 2.29 bits per heavy atom. The van der Waals surface area contributed by atoms with Crippen molar-refractivity contribution in [2.75, 3.05) is 18.5 Å². The van der Waals surface area contributed by atoms with Gasteiger partial charge in [0.2, 0.25) is 5.95 Å². The standard InChI is InChI=1S/C15H21N3OS2/c1-4-10-8-11-13(20-10)17-15(16-5-2)18-14(11)21-12-6-7-19-9(12)3/h8-9,12H,4-7H2,1-3H3,(H,16,17,18). The highest BCUT2D eigenvalue weighted by atomic mass is 32.2. The molecule has 1 aliphatic rings. The van der Waals surface area contributed by atoms with Crippen molar-refractivity contribution >= 4 is 39.3 Å². The number of aryl methyl sites for hydroxylation is 1. The molecule has 2 aromatic rings. The summed E-state index contributed by atoms with van der Waals surface area (Å²) in [5.74, 6) is 0.739. The minimum Gasteiger partial charge on any atom is -0.377 e. The molecule has 114 valence electrons. The summed E-state index contributed by atoms with van der Waals surface area (Å²) in [6.07, 6.45) is 2.44. The molecule has 0 aromatic carbocycles. The minimum absolute atomic E-state index is 0.298. The molecule has 2 aromatic heterocycles. The average molecular weight is 323 g/mol. The van der Waals surface area contributed by atoms with Crippen LogP contribution in [0.25, 0.3) is 10.2 Å². The van der Waals surface area contributed by atoms with Gasteiger partial charge in [-0.2, -0.15) is 0 Å². The fourth-order valence-corrected chi connectivity index (χ4v) is 4.68. The first-order valence-electron chi connectivity index (χ1n) is 7.53. The maximum absolute atomic E-state index is 5.68. The first-order chi connectivity index (χ1) is 10.2. The van der Waals surface area contributed by atoms with Crippen LogP contribution in [0.2, 0.25) is 0 Å². The van der Waals surface area contributed by atoms with Gasteiger partial charge >= 0.3 is 0 Å². The van der Waals surface area contributed by atoms with Crippen LogP contribution in [0.1, 0.15) is 32.1 Å². The van der Waals surface area contributed by atoms with E-state index in [1.54, 1.807) is 11.3 Å². The molecule has 1 aliphatic heterocycles. The number of aromatic nitrogens is 2. The smallest absolute Gasteiger partial charge is 0.225 e. The van der Waals surface area contributed by atoms with Crippen molar-refractivity contribution in [2.45, 2.75) is 50.0 Å². The van der Waals surface area contributed by atoms with Crippen LogP contribution in [-0.2, 0) is 11.2 Å². The van der Waals surface area contributed by atoms with Crippen LogP contribution in [0, 0.1) is 0 Å². The van der Waals surface area contributed by atoms with Gasteiger partial charge in [0.05, 0.1) is 6.10 Å². The summed E-state index contributed by atoms with van der Waals surface area (Å²) in [5, 5.41) is 6.02. The summed E-state index contributed by atoms with van der Waals surface area (Å²) in [6.45, 7) is 8.10. The first-order valence-corrected chi connectivity index (χ1v) is 9.23. The van der Waals surface area contributed by atoms with Crippen molar-refractivity contribution < 1.29 is 4.74 Å². The number of fused-ring (bicyclic) bond motifs is 1. The molecule has 2 atom stereocenters. The quantitative estimate of drug-likeness (QED) is 0.844. The molecule has 2 unspecified atom stereocenters. The summed E-state index contributed by atoms with van der Waals surface area (Å²) in [6, 6.07) is 2.25. The number of rotatable bonds is 5. The van der Waals surface area contributed by atoms with Gasteiger partial charge in [0.1, 0.15) is 9.86 Å². The molecule has 1 fully saturated rings. The van der Waals surface area contributed by atoms with Gasteiger partial charge in [-0.25, -0.2) is 9.97 Å². The van der Waals surface area contributed by atoms with Crippen molar-refractivity contribution in [2.24, 2.45) is 0 Å². The van der Waals surface area contributed by atoms with E-state index in [0.717, 1.165) is 41.8 Å². The van der Waals surface area contributed by atoms with Gasteiger partial charge in [0, 0.05) is 28.7 Å². The average Bonchev–Trinajstić information content (AvgIpc) is 3.06. The maximum atomic E-state index is 5.68. The third kappa shape index (κ3) is 3.17. The molecule has 1 saturated heterocycles. The number of thioether (sulfide) groups is 1. The zero-order chi connectivity index (χ0) is 14.8. The Morgan fingerprint density at radius 3 is 2.95 bits per heavy atom. The van der Waals surface area contributed by atoms with Gasteiger partial charge in [0.25, 0.3) is 0 Å². The van der Waals surface area contributed by atoms with Crippen molar-refractivity contribution in [1.29, 1.82) is 0 Å². The minimum atomic E-state index is 0.298. The fraction of sp³-hybridized carbons (Fsp3) is 0.600. The maximum Gasteiger partial charge on any atom is 0.225 e. The van der Waals surface area contributed by atoms with Crippen molar-refractivity contribution in [1.82, 2.24) is 9.97 Å². The molecule has 3 heterocycles. The second kappa shape index (κ2) is 6.50. The highest BCUT2D eigenvalue weighted by molar-refractivity contribution is 8.00. The Kier molecular flexibility index (Phi) is 4.66. The van der Waals surface area contributed by atoms with E-state index >= 15 is 0 Å². The molecule has 0 bridgehead atoms. The lowest BCUT2D eigenvalue weighted by Crippen LogP contribution is -2.13. The van der Waals surface area contributed by atoms with Crippen LogP contribution in [0.4, 0.5) is 5.95 Å². The summed E-state index contributed by atoms with van der Waals surface area (Å²) in [5.41, 5.74) is 0. The monoisotopic (exact) mass is 323 g/mol. The molecular formula is C15H21N3OS2. The molecule has 1 N–H and O–H groups in total. The Balaban J connectivity index is 1.98. The largest absolute Gasteiger partial charge is 0.377 e. The van der Waals surface area contributed by atoms with Gasteiger partial charge in [-0.05, 0) is 32.8 Å². The van der Waals surface area contributed by atoms with Crippen LogP contribution in [0.3, 0.4) is 0 Å². The Hall–Kier alpha value is -0.850. The summed E-state index contributed by atoms with van der Waals surface area (Å²) < 4.78 is 5.68. The van der Waals surface area contributed by atoms with E-state index in [9.17, 15) is 0 Å². The SMILES string of the molecule is CCNc1nc(SC2CCOC2C)c2cc(CC)sc2n1. The molecule has 6 heteroatoms. The lowest BCUT2D eigenvalue weighted by Gasteiger charge is -2.14. The first kappa shape index (κ1) is 15.1. The third-order valence-electron chi connectivity index (χ3n) is 3.66. The van der Waals surface area contributed by atoms with Gasteiger partial charge in [-0.1, -0.05) is 18.7 Å². The van der Waals surface area contributed by atoms with Crippen molar-refractivity contribution in [3.8, 4) is 0 Å². The number of anilines is 1. The zero-order valence-electron chi connectivity index (χ0n) is 12.7. The van der Waals surface area contributed by atoms with E-state index in [0.29, 0.717) is 11.4 Å². The van der Waals surface area contributed by atoms with Crippen molar-refractivity contribution in [3.63, 3.8) is 0 Å². The lowest BCUT2D eigenvalue weighted by molar-refractivity contribution is 0.127. The zero-order valence-corrected chi connectivity index (χ0v) is 14.3. The molecule has 0 spiro atoms. The second-order valence-electron chi connectivity index (χ2n) is 5.19. The highest BCUT2D eigenvalue weighted by Gasteiger charge is 2.27. The van der Waals surface area contributed by atoms with Crippen molar-refractivity contribution in [3.05, 3.63) is 10.9 Å². The highest BCUT2D eigenvalue weighted by Crippen LogP contribution is 2.38. The molecule has 3 rings (SSSR count). The molecule has 0 amide bonds. The Labute approximate surface area is 133 Å². The molecular weight excluding hydrogens is 302 g/mol. The molecule has 0 aliphatic carbocycles. The number of ether oxygens (including phenoxy) is 1. The van der Waals surface area contributed by atoms with Crippen LogP contribution in [-0.4, -0.2) is 34.5 Å².